The molecule has 0 amide bonds. The second-order valence-electron chi connectivity index (χ2n) is 3.62. The van der Waals surface area contributed by atoms with Gasteiger partial charge in [0.05, 0.1) is 26.1 Å². The Labute approximate surface area is 97.4 Å². The summed E-state index contributed by atoms with van der Waals surface area (Å²) in [6, 6.07) is 3.81. The summed E-state index contributed by atoms with van der Waals surface area (Å²) in [4.78, 5) is 8.08. The predicted molar refractivity (Wildman–Crippen MR) is 60.3 cm³/mol. The molecule has 0 aromatic carbocycles. The van der Waals surface area contributed by atoms with Crippen molar-refractivity contribution in [2.45, 2.75) is 18.4 Å². The van der Waals surface area contributed by atoms with E-state index in [0.29, 0.717) is 13.2 Å². The van der Waals surface area contributed by atoms with Gasteiger partial charge in [0.15, 0.2) is 0 Å². The zero-order valence-electron chi connectivity index (χ0n) is 8.24. The SMILES string of the molecule is [C-]#[N+]C1(c2cc(Br)ccn2)CCOCC1. The van der Waals surface area contributed by atoms with Crippen LogP contribution < -0.4 is 0 Å². The molecule has 1 fully saturated rings. The molecule has 1 aliphatic heterocycles. The van der Waals surface area contributed by atoms with Gasteiger partial charge < -0.3 is 9.58 Å². The minimum atomic E-state index is -0.470. The fourth-order valence-corrected chi connectivity index (χ4v) is 2.13. The lowest BCUT2D eigenvalue weighted by Crippen LogP contribution is -2.31. The van der Waals surface area contributed by atoms with Gasteiger partial charge in [-0.05, 0) is 12.1 Å². The normalized spacial score (nSPS) is 19.5. The van der Waals surface area contributed by atoms with Crippen LogP contribution in [0.4, 0.5) is 0 Å². The van der Waals surface area contributed by atoms with Gasteiger partial charge in [-0.1, -0.05) is 15.9 Å². The van der Waals surface area contributed by atoms with E-state index in [-0.39, 0.29) is 0 Å². The van der Waals surface area contributed by atoms with Crippen LogP contribution in [-0.4, -0.2) is 18.2 Å². The van der Waals surface area contributed by atoms with Gasteiger partial charge >= 0.3 is 0 Å². The maximum atomic E-state index is 7.37. The van der Waals surface area contributed by atoms with Gasteiger partial charge in [0.1, 0.15) is 5.69 Å². The quantitative estimate of drug-likeness (QED) is 0.731. The first-order valence-corrected chi connectivity index (χ1v) is 5.64. The molecule has 1 aliphatic rings. The first kappa shape index (κ1) is 10.6. The standard InChI is InChI=1S/C11H11BrN2O/c1-13-11(3-6-15-7-4-11)10-8-9(12)2-5-14-10/h2,5,8H,3-4,6-7H2. The highest BCUT2D eigenvalue weighted by Crippen LogP contribution is 2.35. The van der Waals surface area contributed by atoms with Crippen LogP contribution in [0.1, 0.15) is 18.5 Å². The van der Waals surface area contributed by atoms with Crippen molar-refractivity contribution in [1.82, 2.24) is 4.98 Å². The third kappa shape index (κ3) is 2.04. The van der Waals surface area contributed by atoms with Gasteiger partial charge in [0.25, 0.3) is 5.54 Å². The molecule has 0 spiro atoms. The average Bonchev–Trinajstić information content (AvgIpc) is 2.30. The first-order chi connectivity index (χ1) is 7.27. The summed E-state index contributed by atoms with van der Waals surface area (Å²) in [7, 11) is 0. The van der Waals surface area contributed by atoms with Gasteiger partial charge in [0.2, 0.25) is 0 Å². The highest BCUT2D eigenvalue weighted by Gasteiger charge is 2.42. The topological polar surface area (TPSA) is 26.5 Å². The number of rotatable bonds is 1. The van der Waals surface area contributed by atoms with E-state index in [9.17, 15) is 0 Å². The van der Waals surface area contributed by atoms with Crippen LogP contribution >= 0.6 is 15.9 Å². The van der Waals surface area contributed by atoms with Crippen LogP contribution in [-0.2, 0) is 10.3 Å². The number of hydrogen-bond donors (Lipinski definition) is 0. The van der Waals surface area contributed by atoms with E-state index >= 15 is 0 Å². The molecule has 1 aromatic rings. The molecule has 3 nitrogen and oxygen atoms in total. The van der Waals surface area contributed by atoms with E-state index in [1.165, 1.54) is 0 Å². The maximum absolute atomic E-state index is 7.37. The molecule has 78 valence electrons. The maximum Gasteiger partial charge on any atom is 0.278 e. The minimum Gasteiger partial charge on any atom is -0.381 e. The second kappa shape index (κ2) is 4.30. The zero-order chi connectivity index (χ0) is 10.7. The van der Waals surface area contributed by atoms with Crippen molar-refractivity contribution in [2.75, 3.05) is 13.2 Å². The molecule has 1 aromatic heterocycles. The number of nitrogens with zero attached hydrogens (tertiary/aromatic N) is 2. The van der Waals surface area contributed by atoms with E-state index in [1.807, 2.05) is 12.1 Å². The van der Waals surface area contributed by atoms with E-state index in [0.717, 1.165) is 23.0 Å². The van der Waals surface area contributed by atoms with Crippen molar-refractivity contribution in [1.29, 1.82) is 0 Å². The zero-order valence-corrected chi connectivity index (χ0v) is 9.83. The molecule has 0 saturated carbocycles. The molecule has 0 N–H and O–H groups in total. The second-order valence-corrected chi connectivity index (χ2v) is 4.53. The Balaban J connectivity index is 2.37. The Morgan fingerprint density at radius 3 is 2.80 bits per heavy atom. The number of hydrogen-bond acceptors (Lipinski definition) is 2. The van der Waals surface area contributed by atoms with Gasteiger partial charge in [-0.3, -0.25) is 4.98 Å². The molecule has 2 heterocycles. The Morgan fingerprint density at radius 2 is 2.20 bits per heavy atom. The van der Waals surface area contributed by atoms with Gasteiger partial charge in [-0.2, -0.15) is 0 Å². The van der Waals surface area contributed by atoms with Crippen molar-refractivity contribution < 1.29 is 4.74 Å². The van der Waals surface area contributed by atoms with Crippen molar-refractivity contribution in [3.8, 4) is 0 Å². The molecule has 0 atom stereocenters. The predicted octanol–water partition coefficient (Wildman–Crippen LogP) is 2.77. The summed E-state index contributed by atoms with van der Waals surface area (Å²) in [5.74, 6) is 0. The molecule has 4 heteroatoms. The summed E-state index contributed by atoms with van der Waals surface area (Å²) in [6.45, 7) is 8.67. The Kier molecular flexibility index (Phi) is 3.03. The lowest BCUT2D eigenvalue weighted by atomic mass is 9.87. The van der Waals surface area contributed by atoms with Crippen LogP contribution in [0.25, 0.3) is 4.85 Å². The van der Waals surface area contributed by atoms with E-state index in [1.54, 1.807) is 6.20 Å². The van der Waals surface area contributed by atoms with Crippen LogP contribution in [0, 0.1) is 6.57 Å². The van der Waals surface area contributed by atoms with Crippen molar-refractivity contribution in [3.63, 3.8) is 0 Å². The van der Waals surface area contributed by atoms with Gasteiger partial charge in [-0.25, -0.2) is 6.57 Å². The number of pyridine rings is 1. The highest BCUT2D eigenvalue weighted by atomic mass is 79.9. The monoisotopic (exact) mass is 266 g/mol. The lowest BCUT2D eigenvalue weighted by Gasteiger charge is -2.25. The molecule has 15 heavy (non-hydrogen) atoms. The Morgan fingerprint density at radius 1 is 1.47 bits per heavy atom. The number of ether oxygens (including phenoxy) is 1. The third-order valence-electron chi connectivity index (χ3n) is 2.73. The van der Waals surface area contributed by atoms with Crippen LogP contribution in [0.2, 0.25) is 0 Å². The molecule has 2 rings (SSSR count). The smallest absolute Gasteiger partial charge is 0.278 e. The molecule has 0 radical (unpaired) electrons. The summed E-state index contributed by atoms with van der Waals surface area (Å²) < 4.78 is 6.27. The molecule has 0 bridgehead atoms. The fourth-order valence-electron chi connectivity index (χ4n) is 1.79. The van der Waals surface area contributed by atoms with Gasteiger partial charge in [-0.15, -0.1) is 0 Å². The molecule has 1 saturated heterocycles. The first-order valence-electron chi connectivity index (χ1n) is 4.85. The number of halogens is 1. The third-order valence-corrected chi connectivity index (χ3v) is 3.23. The molecular formula is C11H11BrN2O. The van der Waals surface area contributed by atoms with Crippen molar-refractivity contribution >= 4 is 15.9 Å². The fraction of sp³-hybridized carbons (Fsp3) is 0.455. The van der Waals surface area contributed by atoms with E-state index in [2.05, 4.69) is 25.8 Å². The van der Waals surface area contributed by atoms with Crippen LogP contribution in [0.5, 0.6) is 0 Å². The Hall–Kier alpha value is -0.920. The van der Waals surface area contributed by atoms with E-state index < -0.39 is 5.54 Å². The molecule has 0 aliphatic carbocycles. The van der Waals surface area contributed by atoms with E-state index in [4.69, 9.17) is 11.3 Å². The van der Waals surface area contributed by atoms with Crippen LogP contribution in [0.15, 0.2) is 22.8 Å². The van der Waals surface area contributed by atoms with Crippen LogP contribution in [0.3, 0.4) is 0 Å². The average molecular weight is 267 g/mol. The molecule has 0 unspecified atom stereocenters. The number of aromatic nitrogens is 1. The largest absolute Gasteiger partial charge is 0.381 e. The highest BCUT2D eigenvalue weighted by molar-refractivity contribution is 9.10. The van der Waals surface area contributed by atoms with Crippen molar-refractivity contribution in [2.24, 2.45) is 0 Å². The minimum absolute atomic E-state index is 0.470. The summed E-state index contributed by atoms with van der Waals surface area (Å²) in [6.07, 6.45) is 3.21. The molecular weight excluding hydrogens is 256 g/mol. The summed E-state index contributed by atoms with van der Waals surface area (Å²) >= 11 is 3.41. The summed E-state index contributed by atoms with van der Waals surface area (Å²) in [5.41, 5.74) is 0.386. The van der Waals surface area contributed by atoms with Gasteiger partial charge in [0, 0.05) is 10.7 Å². The van der Waals surface area contributed by atoms with Crippen molar-refractivity contribution in [3.05, 3.63) is 39.9 Å². The lowest BCUT2D eigenvalue weighted by molar-refractivity contribution is 0.0634. The Bertz CT molecular complexity index is 394. The summed E-state index contributed by atoms with van der Waals surface area (Å²) in [5, 5.41) is 0.